The zero-order valence-electron chi connectivity index (χ0n) is 12.5. The van der Waals surface area contributed by atoms with Gasteiger partial charge in [-0.3, -0.25) is 0 Å². The van der Waals surface area contributed by atoms with E-state index in [0.717, 1.165) is 22.8 Å². The van der Waals surface area contributed by atoms with Crippen LogP contribution in [-0.4, -0.2) is 11.0 Å². The van der Waals surface area contributed by atoms with Crippen LogP contribution >= 0.6 is 11.3 Å². The van der Waals surface area contributed by atoms with Crippen LogP contribution in [0.1, 0.15) is 42.2 Å². The van der Waals surface area contributed by atoms with Crippen LogP contribution in [0.25, 0.3) is 0 Å². The summed E-state index contributed by atoms with van der Waals surface area (Å²) in [7, 11) is 0. The van der Waals surface area contributed by atoms with Crippen molar-refractivity contribution in [2.45, 2.75) is 32.9 Å². The number of amides is 2. The Balaban J connectivity index is 1.96. The van der Waals surface area contributed by atoms with Crippen molar-refractivity contribution in [3.63, 3.8) is 0 Å². The molecule has 0 fully saturated rings. The summed E-state index contributed by atoms with van der Waals surface area (Å²) in [5.41, 5.74) is 1.13. The maximum atomic E-state index is 13.7. The van der Waals surface area contributed by atoms with Crippen LogP contribution < -0.4 is 10.6 Å². The topological polar surface area (TPSA) is 54.0 Å². The molecule has 0 aliphatic carbocycles. The number of thiazole rings is 1. The molecule has 2 amide bonds. The lowest BCUT2D eigenvalue weighted by Gasteiger charge is -2.18. The molecule has 7 heteroatoms. The first-order valence-corrected chi connectivity index (χ1v) is 7.68. The third-order valence-electron chi connectivity index (χ3n) is 3.13. The van der Waals surface area contributed by atoms with Crippen molar-refractivity contribution in [1.82, 2.24) is 15.6 Å². The highest BCUT2D eigenvalue weighted by Crippen LogP contribution is 2.19. The lowest BCUT2D eigenvalue weighted by molar-refractivity contribution is 0.234. The highest BCUT2D eigenvalue weighted by molar-refractivity contribution is 7.09. The number of hydrogen-bond acceptors (Lipinski definition) is 3. The number of carbonyl (C=O) groups excluding carboxylic acids is 1. The molecule has 2 N–H and O–H groups in total. The van der Waals surface area contributed by atoms with Crippen LogP contribution in [0.15, 0.2) is 23.6 Å². The summed E-state index contributed by atoms with van der Waals surface area (Å²) in [5, 5.41) is 8.07. The number of halogens is 2. The minimum absolute atomic E-state index is 0.231. The Bertz CT molecular complexity index is 675. The lowest BCUT2D eigenvalue weighted by atomic mass is 10.1. The smallest absolute Gasteiger partial charge is 0.315 e. The Morgan fingerprint density at radius 1 is 1.23 bits per heavy atom. The number of nitrogens with zero attached hydrogens (tertiary/aromatic N) is 1. The molecule has 0 radical (unpaired) electrons. The molecule has 0 aliphatic rings. The quantitative estimate of drug-likeness (QED) is 0.897. The number of rotatable bonds is 4. The van der Waals surface area contributed by atoms with Gasteiger partial charge in [0.05, 0.1) is 12.1 Å². The fourth-order valence-corrected chi connectivity index (χ4v) is 2.80. The molecule has 0 spiro atoms. The van der Waals surface area contributed by atoms with E-state index in [0.29, 0.717) is 0 Å². The van der Waals surface area contributed by atoms with Gasteiger partial charge in [-0.25, -0.2) is 18.6 Å². The van der Waals surface area contributed by atoms with Crippen LogP contribution in [-0.2, 0) is 0 Å². The summed E-state index contributed by atoms with van der Waals surface area (Å²) in [6, 6.07) is 2.02. The Morgan fingerprint density at radius 2 is 1.91 bits per heavy atom. The van der Waals surface area contributed by atoms with E-state index >= 15 is 0 Å². The number of hydrogen-bond donors (Lipinski definition) is 2. The van der Waals surface area contributed by atoms with Gasteiger partial charge in [0.2, 0.25) is 0 Å². The summed E-state index contributed by atoms with van der Waals surface area (Å²) in [6.07, 6.45) is 0. The van der Waals surface area contributed by atoms with Gasteiger partial charge in [-0.2, -0.15) is 0 Å². The van der Waals surface area contributed by atoms with E-state index in [1.807, 2.05) is 19.2 Å². The molecule has 2 aromatic rings. The Morgan fingerprint density at radius 3 is 2.50 bits per heavy atom. The fraction of sp³-hybridized carbons (Fsp3) is 0.333. The van der Waals surface area contributed by atoms with E-state index in [1.165, 1.54) is 17.4 Å². The molecular formula is C15H17F2N3OS. The Labute approximate surface area is 131 Å². The van der Waals surface area contributed by atoms with Crippen LogP contribution in [0, 0.1) is 18.6 Å². The number of aromatic nitrogens is 1. The second-order valence-electron chi connectivity index (χ2n) is 5.05. The second kappa shape index (κ2) is 6.83. The summed E-state index contributed by atoms with van der Waals surface area (Å²) >= 11 is 1.46. The van der Waals surface area contributed by atoms with Crippen LogP contribution in [0.3, 0.4) is 0 Å². The highest BCUT2D eigenvalue weighted by atomic mass is 32.1. The molecule has 1 aromatic carbocycles. The lowest BCUT2D eigenvalue weighted by Crippen LogP contribution is -2.38. The number of aryl methyl sites for hydroxylation is 1. The van der Waals surface area contributed by atoms with E-state index in [1.54, 1.807) is 6.92 Å². The number of carbonyl (C=O) groups is 1. The molecule has 1 heterocycles. The van der Waals surface area contributed by atoms with Gasteiger partial charge >= 0.3 is 6.03 Å². The maximum Gasteiger partial charge on any atom is 0.315 e. The predicted molar refractivity (Wildman–Crippen MR) is 81.7 cm³/mol. The van der Waals surface area contributed by atoms with Crippen LogP contribution in [0.4, 0.5) is 13.6 Å². The third-order valence-corrected chi connectivity index (χ3v) is 4.28. The SMILES string of the molecule is Cc1csc(C(C)NC(=O)NC(C)c2ccc(F)cc2F)n1. The molecule has 2 rings (SSSR count). The zero-order chi connectivity index (χ0) is 16.3. The van der Waals surface area contributed by atoms with Crippen molar-refractivity contribution >= 4 is 17.4 Å². The minimum Gasteiger partial charge on any atom is -0.332 e. The number of urea groups is 1. The molecule has 1 aromatic heterocycles. The summed E-state index contributed by atoms with van der Waals surface area (Å²) in [6.45, 7) is 5.33. The number of nitrogens with one attached hydrogen (secondary N) is 2. The van der Waals surface area contributed by atoms with Gasteiger partial charge in [0, 0.05) is 22.7 Å². The maximum absolute atomic E-state index is 13.7. The molecule has 2 unspecified atom stereocenters. The average molecular weight is 325 g/mol. The summed E-state index contributed by atoms with van der Waals surface area (Å²) in [5.74, 6) is -1.33. The first-order valence-electron chi connectivity index (χ1n) is 6.81. The van der Waals surface area contributed by atoms with Crippen LogP contribution in [0.5, 0.6) is 0 Å². The molecular weight excluding hydrogens is 308 g/mol. The summed E-state index contributed by atoms with van der Waals surface area (Å²) in [4.78, 5) is 16.3. The first kappa shape index (κ1) is 16.4. The molecule has 0 bridgehead atoms. The van der Waals surface area contributed by atoms with Crippen LogP contribution in [0.2, 0.25) is 0 Å². The van der Waals surface area contributed by atoms with E-state index in [9.17, 15) is 13.6 Å². The molecule has 22 heavy (non-hydrogen) atoms. The minimum atomic E-state index is -0.684. The molecule has 0 saturated heterocycles. The molecule has 118 valence electrons. The van der Waals surface area contributed by atoms with E-state index < -0.39 is 23.7 Å². The average Bonchev–Trinajstić information content (AvgIpc) is 2.85. The van der Waals surface area contributed by atoms with Crippen molar-refractivity contribution in [3.8, 4) is 0 Å². The molecule has 0 saturated carbocycles. The van der Waals surface area contributed by atoms with Gasteiger partial charge in [0.25, 0.3) is 0 Å². The van der Waals surface area contributed by atoms with Crippen molar-refractivity contribution in [3.05, 3.63) is 51.5 Å². The third kappa shape index (κ3) is 4.00. The molecule has 0 aliphatic heterocycles. The zero-order valence-corrected chi connectivity index (χ0v) is 13.3. The largest absolute Gasteiger partial charge is 0.332 e. The van der Waals surface area contributed by atoms with Crippen molar-refractivity contribution < 1.29 is 13.6 Å². The monoisotopic (exact) mass is 325 g/mol. The van der Waals surface area contributed by atoms with Crippen molar-refractivity contribution in [2.75, 3.05) is 0 Å². The van der Waals surface area contributed by atoms with Gasteiger partial charge < -0.3 is 10.6 Å². The fourth-order valence-electron chi connectivity index (χ4n) is 2.00. The highest BCUT2D eigenvalue weighted by Gasteiger charge is 2.17. The van der Waals surface area contributed by atoms with Gasteiger partial charge in [-0.1, -0.05) is 6.07 Å². The Kier molecular flexibility index (Phi) is 5.07. The standard InChI is InChI=1S/C15H17F2N3OS/c1-8-7-22-14(18-8)10(3)20-15(21)19-9(2)12-5-4-11(16)6-13(12)17/h4-7,9-10H,1-3H3,(H2,19,20,21). The van der Waals surface area contributed by atoms with Crippen molar-refractivity contribution in [1.29, 1.82) is 0 Å². The normalized spacial score (nSPS) is 13.5. The number of benzene rings is 1. The van der Waals surface area contributed by atoms with E-state index in [4.69, 9.17) is 0 Å². The van der Waals surface area contributed by atoms with E-state index in [2.05, 4.69) is 15.6 Å². The first-order chi connectivity index (χ1) is 10.4. The van der Waals surface area contributed by atoms with Gasteiger partial charge in [0.15, 0.2) is 0 Å². The predicted octanol–water partition coefficient (Wildman–Crippen LogP) is 3.85. The van der Waals surface area contributed by atoms with E-state index in [-0.39, 0.29) is 11.6 Å². The Hall–Kier alpha value is -2.02. The van der Waals surface area contributed by atoms with Gasteiger partial charge in [0.1, 0.15) is 16.6 Å². The summed E-state index contributed by atoms with van der Waals surface area (Å²) < 4.78 is 26.6. The molecule has 2 atom stereocenters. The second-order valence-corrected chi connectivity index (χ2v) is 5.94. The van der Waals surface area contributed by atoms with Crippen molar-refractivity contribution in [2.24, 2.45) is 0 Å². The van der Waals surface area contributed by atoms with Gasteiger partial charge in [-0.05, 0) is 26.8 Å². The molecule has 4 nitrogen and oxygen atoms in total. The van der Waals surface area contributed by atoms with Gasteiger partial charge in [-0.15, -0.1) is 11.3 Å².